The van der Waals surface area contributed by atoms with Gasteiger partial charge in [-0.2, -0.15) is 5.10 Å². The van der Waals surface area contributed by atoms with E-state index in [0.717, 1.165) is 21.5 Å². The van der Waals surface area contributed by atoms with Gasteiger partial charge in [-0.05, 0) is 51.0 Å². The van der Waals surface area contributed by atoms with Crippen LogP contribution in [0.2, 0.25) is 0 Å². The fourth-order valence-corrected chi connectivity index (χ4v) is 2.25. The summed E-state index contributed by atoms with van der Waals surface area (Å²) in [7, 11) is 0. The van der Waals surface area contributed by atoms with Gasteiger partial charge >= 0.3 is 0 Å². The number of hydrogen-bond donors (Lipinski definition) is 0. The number of aryl methyl sites for hydroxylation is 4. The van der Waals surface area contributed by atoms with E-state index in [-0.39, 0.29) is 0 Å². The van der Waals surface area contributed by atoms with E-state index in [9.17, 15) is 0 Å². The minimum Gasteiger partial charge on any atom is -0.238 e. The lowest BCUT2D eigenvalue weighted by Gasteiger charge is -2.10. The highest BCUT2D eigenvalue weighted by Crippen LogP contribution is 2.24. The van der Waals surface area contributed by atoms with Crippen LogP contribution in [0.5, 0.6) is 0 Å². The zero-order chi connectivity index (χ0) is 11.9. The summed E-state index contributed by atoms with van der Waals surface area (Å²) < 4.78 is 3.12. The van der Waals surface area contributed by atoms with Gasteiger partial charge in [0.1, 0.15) is 0 Å². The first kappa shape index (κ1) is 11.4. The van der Waals surface area contributed by atoms with Crippen molar-refractivity contribution in [3.63, 3.8) is 0 Å². The van der Waals surface area contributed by atoms with Gasteiger partial charge in [-0.25, -0.2) is 4.68 Å². The first-order chi connectivity index (χ1) is 7.49. The number of aromatic nitrogens is 2. The Hall–Kier alpha value is -1.09. The lowest BCUT2D eigenvalue weighted by atomic mass is 10.1. The molecule has 0 spiro atoms. The van der Waals surface area contributed by atoms with Crippen molar-refractivity contribution in [2.24, 2.45) is 0 Å². The molecular formula is C13H15BrN2. The molecule has 0 saturated heterocycles. The smallest absolute Gasteiger partial charge is 0.0689 e. The van der Waals surface area contributed by atoms with Crippen LogP contribution >= 0.6 is 15.9 Å². The highest BCUT2D eigenvalue weighted by atomic mass is 79.9. The normalized spacial score (nSPS) is 10.8. The maximum atomic E-state index is 4.51. The van der Waals surface area contributed by atoms with Crippen molar-refractivity contribution in [2.75, 3.05) is 0 Å². The lowest BCUT2D eigenvalue weighted by Crippen LogP contribution is -2.02. The zero-order valence-electron chi connectivity index (χ0n) is 10.0. The van der Waals surface area contributed by atoms with Gasteiger partial charge in [-0.1, -0.05) is 22.0 Å². The van der Waals surface area contributed by atoms with Gasteiger partial charge in [0.15, 0.2) is 0 Å². The number of hydrogen-bond acceptors (Lipinski definition) is 1. The summed E-state index contributed by atoms with van der Waals surface area (Å²) in [4.78, 5) is 0. The molecule has 0 aliphatic rings. The molecule has 2 nitrogen and oxygen atoms in total. The number of nitrogens with zero attached hydrogens (tertiary/aromatic N) is 2. The minimum atomic E-state index is 1.05. The Bertz CT molecular complexity index is 541. The molecule has 1 aromatic heterocycles. The molecule has 0 aliphatic carbocycles. The molecule has 84 valence electrons. The van der Waals surface area contributed by atoms with Gasteiger partial charge < -0.3 is 0 Å². The molecule has 0 radical (unpaired) electrons. The second-order valence-electron chi connectivity index (χ2n) is 4.23. The van der Waals surface area contributed by atoms with Crippen LogP contribution in [0.4, 0.5) is 0 Å². The highest BCUT2D eigenvalue weighted by Gasteiger charge is 2.08. The van der Waals surface area contributed by atoms with Crippen LogP contribution in [-0.2, 0) is 0 Å². The Labute approximate surface area is 104 Å². The summed E-state index contributed by atoms with van der Waals surface area (Å²) in [5, 5.41) is 4.51. The maximum Gasteiger partial charge on any atom is 0.0689 e. The van der Waals surface area contributed by atoms with E-state index in [2.05, 4.69) is 60.0 Å². The summed E-state index contributed by atoms with van der Waals surface area (Å²) in [6, 6.07) is 6.40. The second kappa shape index (κ2) is 4.06. The van der Waals surface area contributed by atoms with Gasteiger partial charge in [0, 0.05) is 10.2 Å². The van der Waals surface area contributed by atoms with E-state index in [1.807, 2.05) is 11.6 Å². The van der Waals surface area contributed by atoms with Crippen molar-refractivity contribution in [1.82, 2.24) is 9.78 Å². The Morgan fingerprint density at radius 3 is 2.25 bits per heavy atom. The molecular weight excluding hydrogens is 264 g/mol. The summed E-state index contributed by atoms with van der Waals surface area (Å²) >= 11 is 3.57. The van der Waals surface area contributed by atoms with Crippen LogP contribution in [0.3, 0.4) is 0 Å². The first-order valence-corrected chi connectivity index (χ1v) is 6.08. The molecule has 0 atom stereocenters. The Morgan fingerprint density at radius 2 is 1.69 bits per heavy atom. The fourth-order valence-electron chi connectivity index (χ4n) is 1.92. The highest BCUT2D eigenvalue weighted by molar-refractivity contribution is 9.10. The Kier molecular flexibility index (Phi) is 2.89. The Morgan fingerprint density at radius 1 is 1.00 bits per heavy atom. The third-order valence-electron chi connectivity index (χ3n) is 2.71. The average Bonchev–Trinajstić information content (AvgIpc) is 2.51. The molecule has 2 rings (SSSR count). The van der Waals surface area contributed by atoms with Crippen LogP contribution in [0.25, 0.3) is 5.69 Å². The largest absolute Gasteiger partial charge is 0.238 e. The quantitative estimate of drug-likeness (QED) is 0.774. The van der Waals surface area contributed by atoms with Gasteiger partial charge in [-0.15, -0.1) is 0 Å². The molecule has 0 bridgehead atoms. The molecule has 0 unspecified atom stereocenters. The molecule has 2 aromatic rings. The molecule has 0 fully saturated rings. The van der Waals surface area contributed by atoms with E-state index in [1.165, 1.54) is 11.1 Å². The van der Waals surface area contributed by atoms with E-state index in [1.54, 1.807) is 0 Å². The third-order valence-corrected chi connectivity index (χ3v) is 3.57. The van der Waals surface area contributed by atoms with Gasteiger partial charge in [0.05, 0.1) is 11.4 Å². The van der Waals surface area contributed by atoms with Crippen LogP contribution in [0, 0.1) is 27.7 Å². The Balaban J connectivity index is 2.64. The molecule has 3 heteroatoms. The van der Waals surface area contributed by atoms with Gasteiger partial charge in [0.2, 0.25) is 0 Å². The summed E-state index contributed by atoms with van der Waals surface area (Å²) in [6.07, 6.45) is 0. The standard InChI is InChI=1S/C13H15BrN2/c1-8-5-9(2)13(7-12(8)14)16-11(4)6-10(3)15-16/h5-7H,1-4H3. The van der Waals surface area contributed by atoms with Gasteiger partial charge in [0.25, 0.3) is 0 Å². The predicted molar refractivity (Wildman–Crippen MR) is 70.2 cm³/mol. The topological polar surface area (TPSA) is 17.8 Å². The first-order valence-electron chi connectivity index (χ1n) is 5.29. The van der Waals surface area contributed by atoms with Gasteiger partial charge in [-0.3, -0.25) is 0 Å². The summed E-state index contributed by atoms with van der Waals surface area (Å²) in [6.45, 7) is 8.31. The molecule has 1 heterocycles. The SMILES string of the molecule is Cc1cc(C)n(-c2cc(Br)c(C)cc2C)n1. The molecule has 0 saturated carbocycles. The van der Waals surface area contributed by atoms with E-state index < -0.39 is 0 Å². The number of halogens is 1. The van der Waals surface area contributed by atoms with Crippen LogP contribution in [0.15, 0.2) is 22.7 Å². The number of benzene rings is 1. The molecule has 16 heavy (non-hydrogen) atoms. The van der Waals surface area contributed by atoms with Crippen molar-refractivity contribution in [1.29, 1.82) is 0 Å². The zero-order valence-corrected chi connectivity index (χ0v) is 11.6. The predicted octanol–water partition coefficient (Wildman–Crippen LogP) is 3.87. The van der Waals surface area contributed by atoms with Crippen molar-refractivity contribution in [3.8, 4) is 5.69 Å². The fraction of sp³-hybridized carbons (Fsp3) is 0.308. The van der Waals surface area contributed by atoms with Crippen molar-refractivity contribution in [2.45, 2.75) is 27.7 Å². The lowest BCUT2D eigenvalue weighted by molar-refractivity contribution is 0.826. The maximum absolute atomic E-state index is 4.51. The van der Waals surface area contributed by atoms with Crippen LogP contribution < -0.4 is 0 Å². The minimum absolute atomic E-state index is 1.05. The van der Waals surface area contributed by atoms with Crippen LogP contribution in [-0.4, -0.2) is 9.78 Å². The summed E-state index contributed by atoms with van der Waals surface area (Å²) in [5.74, 6) is 0. The molecule has 0 N–H and O–H groups in total. The summed E-state index contributed by atoms with van der Waals surface area (Å²) in [5.41, 5.74) is 5.85. The van der Waals surface area contributed by atoms with Crippen molar-refractivity contribution in [3.05, 3.63) is 45.2 Å². The van der Waals surface area contributed by atoms with E-state index >= 15 is 0 Å². The monoisotopic (exact) mass is 278 g/mol. The third kappa shape index (κ3) is 1.92. The second-order valence-corrected chi connectivity index (χ2v) is 5.08. The van der Waals surface area contributed by atoms with E-state index in [0.29, 0.717) is 0 Å². The van der Waals surface area contributed by atoms with E-state index in [4.69, 9.17) is 0 Å². The van der Waals surface area contributed by atoms with Crippen molar-refractivity contribution >= 4 is 15.9 Å². The average molecular weight is 279 g/mol. The molecule has 0 aliphatic heterocycles. The molecule has 1 aromatic carbocycles. The van der Waals surface area contributed by atoms with Crippen LogP contribution in [0.1, 0.15) is 22.5 Å². The molecule has 0 amide bonds. The number of rotatable bonds is 1. The van der Waals surface area contributed by atoms with Crippen molar-refractivity contribution < 1.29 is 0 Å².